The summed E-state index contributed by atoms with van der Waals surface area (Å²) in [6.07, 6.45) is 5.50. The standard InChI is InChI=1S/C20H28F2N2O3/c1-13-9-10-15(21)19(18(13)22)27-12-17(25)16(8-4-5-11-23)24-20(26)14-6-2-3-7-14/h9-10,14,16H,2-8,11-12,23H2,1H3,(H,24,26)/t16-/m0/s1. The number of amides is 1. The molecule has 0 spiro atoms. The monoisotopic (exact) mass is 382 g/mol. The van der Waals surface area contributed by atoms with Crippen molar-refractivity contribution in [3.8, 4) is 5.75 Å². The highest BCUT2D eigenvalue weighted by atomic mass is 19.1. The van der Waals surface area contributed by atoms with Crippen LogP contribution in [0.1, 0.15) is 50.5 Å². The van der Waals surface area contributed by atoms with Crippen LogP contribution < -0.4 is 15.8 Å². The molecule has 1 amide bonds. The molecule has 1 fully saturated rings. The molecule has 150 valence electrons. The maximum atomic E-state index is 14.0. The number of unbranched alkanes of at least 4 members (excludes halogenated alkanes) is 1. The Morgan fingerprint density at radius 2 is 1.96 bits per heavy atom. The summed E-state index contributed by atoms with van der Waals surface area (Å²) in [5, 5.41) is 2.80. The Morgan fingerprint density at radius 3 is 2.63 bits per heavy atom. The first-order valence-electron chi connectivity index (χ1n) is 9.54. The molecule has 0 aromatic heterocycles. The van der Waals surface area contributed by atoms with Gasteiger partial charge in [0.05, 0.1) is 6.04 Å². The highest BCUT2D eigenvalue weighted by Gasteiger charge is 2.28. The number of nitrogens with one attached hydrogen (secondary N) is 1. The van der Waals surface area contributed by atoms with E-state index >= 15 is 0 Å². The third-order valence-electron chi connectivity index (χ3n) is 4.98. The fourth-order valence-corrected chi connectivity index (χ4v) is 3.29. The average molecular weight is 382 g/mol. The van der Waals surface area contributed by atoms with Gasteiger partial charge in [0, 0.05) is 5.92 Å². The van der Waals surface area contributed by atoms with E-state index in [2.05, 4.69) is 5.32 Å². The Kier molecular flexibility index (Phi) is 8.16. The highest BCUT2D eigenvalue weighted by molar-refractivity contribution is 5.90. The number of rotatable bonds is 10. The van der Waals surface area contributed by atoms with Gasteiger partial charge in [-0.15, -0.1) is 0 Å². The molecule has 0 bridgehead atoms. The molecule has 1 saturated carbocycles. The predicted octanol–water partition coefficient (Wildman–Crippen LogP) is 3.03. The highest BCUT2D eigenvalue weighted by Crippen LogP contribution is 2.26. The molecule has 0 aliphatic heterocycles. The molecular formula is C20H28F2N2O3. The molecule has 1 aromatic carbocycles. The van der Waals surface area contributed by atoms with E-state index in [0.29, 0.717) is 19.4 Å². The van der Waals surface area contributed by atoms with E-state index in [1.54, 1.807) is 0 Å². The number of ketones is 1. The predicted molar refractivity (Wildman–Crippen MR) is 98.4 cm³/mol. The summed E-state index contributed by atoms with van der Waals surface area (Å²) in [6.45, 7) is 1.48. The van der Waals surface area contributed by atoms with Gasteiger partial charge in [0.2, 0.25) is 5.91 Å². The minimum Gasteiger partial charge on any atom is -0.480 e. The largest absolute Gasteiger partial charge is 0.480 e. The Balaban J connectivity index is 1.99. The lowest BCUT2D eigenvalue weighted by atomic mass is 10.0. The van der Waals surface area contributed by atoms with Crippen LogP contribution in [0.25, 0.3) is 0 Å². The second-order valence-corrected chi connectivity index (χ2v) is 7.09. The van der Waals surface area contributed by atoms with Crippen LogP contribution in [0.3, 0.4) is 0 Å². The molecule has 3 N–H and O–H groups in total. The van der Waals surface area contributed by atoms with Gasteiger partial charge < -0.3 is 15.8 Å². The van der Waals surface area contributed by atoms with Crippen molar-refractivity contribution in [2.24, 2.45) is 11.7 Å². The first kappa shape index (κ1) is 21.3. The normalized spacial score (nSPS) is 15.6. The SMILES string of the molecule is Cc1ccc(F)c(OCC(=O)[C@H](CCCCN)NC(=O)C2CCCC2)c1F. The molecule has 5 nitrogen and oxygen atoms in total. The molecule has 0 saturated heterocycles. The van der Waals surface area contributed by atoms with Crippen molar-refractivity contribution in [2.75, 3.05) is 13.2 Å². The topological polar surface area (TPSA) is 81.4 Å². The first-order valence-corrected chi connectivity index (χ1v) is 9.54. The van der Waals surface area contributed by atoms with E-state index in [-0.39, 0.29) is 17.4 Å². The summed E-state index contributed by atoms with van der Waals surface area (Å²) < 4.78 is 32.9. The Bertz CT molecular complexity index is 661. The molecule has 2 rings (SSSR count). The van der Waals surface area contributed by atoms with Gasteiger partial charge in [-0.2, -0.15) is 0 Å². The molecule has 0 heterocycles. The Hall–Kier alpha value is -2.02. The third kappa shape index (κ3) is 5.99. The third-order valence-corrected chi connectivity index (χ3v) is 4.98. The molecule has 1 aromatic rings. The molecule has 1 atom stereocenters. The second kappa shape index (κ2) is 10.3. The van der Waals surface area contributed by atoms with Crippen LogP contribution in [0.15, 0.2) is 12.1 Å². The van der Waals surface area contributed by atoms with E-state index in [0.717, 1.165) is 38.2 Å². The molecule has 27 heavy (non-hydrogen) atoms. The lowest BCUT2D eigenvalue weighted by Crippen LogP contribution is -2.45. The molecule has 1 aliphatic carbocycles. The molecular weight excluding hydrogens is 354 g/mol. The zero-order valence-electron chi connectivity index (χ0n) is 15.7. The van der Waals surface area contributed by atoms with Crippen LogP contribution in [-0.2, 0) is 9.59 Å². The molecule has 0 unspecified atom stereocenters. The van der Waals surface area contributed by atoms with Crippen molar-refractivity contribution in [1.82, 2.24) is 5.32 Å². The number of nitrogens with two attached hydrogens (primary N) is 1. The van der Waals surface area contributed by atoms with Crippen molar-refractivity contribution in [1.29, 1.82) is 0 Å². The number of hydrogen-bond donors (Lipinski definition) is 2. The van der Waals surface area contributed by atoms with Crippen LogP contribution in [0.5, 0.6) is 5.75 Å². The number of carbonyl (C=O) groups is 2. The maximum Gasteiger partial charge on any atom is 0.223 e. The van der Waals surface area contributed by atoms with Crippen molar-refractivity contribution in [2.45, 2.75) is 57.9 Å². The van der Waals surface area contributed by atoms with E-state index in [1.807, 2.05) is 0 Å². The second-order valence-electron chi connectivity index (χ2n) is 7.09. The summed E-state index contributed by atoms with van der Waals surface area (Å²) in [4.78, 5) is 24.9. The van der Waals surface area contributed by atoms with E-state index in [9.17, 15) is 18.4 Å². The van der Waals surface area contributed by atoms with Gasteiger partial charge in [-0.05, 0) is 57.2 Å². The smallest absolute Gasteiger partial charge is 0.223 e. The van der Waals surface area contributed by atoms with Gasteiger partial charge in [-0.25, -0.2) is 8.78 Å². The van der Waals surface area contributed by atoms with Crippen LogP contribution in [0.4, 0.5) is 8.78 Å². The first-order chi connectivity index (χ1) is 12.9. The number of benzene rings is 1. The summed E-state index contributed by atoms with van der Waals surface area (Å²) in [6, 6.07) is 1.66. The maximum absolute atomic E-state index is 14.0. The molecule has 7 heteroatoms. The van der Waals surface area contributed by atoms with Crippen LogP contribution >= 0.6 is 0 Å². The average Bonchev–Trinajstić information content (AvgIpc) is 3.19. The van der Waals surface area contributed by atoms with Crippen LogP contribution in [0, 0.1) is 24.5 Å². The summed E-state index contributed by atoms with van der Waals surface area (Å²) in [5.41, 5.74) is 5.72. The number of hydrogen-bond acceptors (Lipinski definition) is 4. The van der Waals surface area contributed by atoms with Gasteiger partial charge in [-0.1, -0.05) is 18.9 Å². The number of halogens is 2. The Morgan fingerprint density at radius 1 is 1.26 bits per heavy atom. The minimum absolute atomic E-state index is 0.0672. The van der Waals surface area contributed by atoms with Crippen molar-refractivity contribution in [3.63, 3.8) is 0 Å². The van der Waals surface area contributed by atoms with E-state index < -0.39 is 35.8 Å². The number of aryl methyl sites for hydroxylation is 1. The molecule has 0 radical (unpaired) electrons. The zero-order chi connectivity index (χ0) is 19.8. The fourth-order valence-electron chi connectivity index (χ4n) is 3.29. The molecule has 1 aliphatic rings. The van der Waals surface area contributed by atoms with Gasteiger partial charge in [0.15, 0.2) is 23.2 Å². The summed E-state index contributed by atoms with van der Waals surface area (Å²) in [7, 11) is 0. The number of carbonyl (C=O) groups excluding carboxylic acids is 2. The lowest BCUT2D eigenvalue weighted by Gasteiger charge is -2.20. The quantitative estimate of drug-likeness (QED) is 0.610. The van der Waals surface area contributed by atoms with E-state index in [4.69, 9.17) is 10.5 Å². The zero-order valence-corrected chi connectivity index (χ0v) is 15.7. The van der Waals surface area contributed by atoms with E-state index in [1.165, 1.54) is 13.0 Å². The van der Waals surface area contributed by atoms with Crippen molar-refractivity contribution in [3.05, 3.63) is 29.3 Å². The van der Waals surface area contributed by atoms with Crippen molar-refractivity contribution >= 4 is 11.7 Å². The summed E-state index contributed by atoms with van der Waals surface area (Å²) in [5.74, 6) is -2.85. The lowest BCUT2D eigenvalue weighted by molar-refractivity contribution is -0.131. The number of Topliss-reactive ketones (excluding diaryl/α,β-unsaturated/α-hetero) is 1. The number of ether oxygens (including phenoxy) is 1. The van der Waals surface area contributed by atoms with Gasteiger partial charge >= 0.3 is 0 Å². The fraction of sp³-hybridized carbons (Fsp3) is 0.600. The van der Waals surface area contributed by atoms with Crippen molar-refractivity contribution < 1.29 is 23.1 Å². The summed E-state index contributed by atoms with van der Waals surface area (Å²) >= 11 is 0. The van der Waals surface area contributed by atoms with Crippen LogP contribution in [-0.4, -0.2) is 30.9 Å². The Labute approximate surface area is 158 Å². The van der Waals surface area contributed by atoms with Gasteiger partial charge in [-0.3, -0.25) is 9.59 Å². The van der Waals surface area contributed by atoms with Gasteiger partial charge in [0.25, 0.3) is 0 Å². The minimum atomic E-state index is -0.861. The van der Waals surface area contributed by atoms with Gasteiger partial charge in [0.1, 0.15) is 6.61 Å². The van der Waals surface area contributed by atoms with Crippen LogP contribution in [0.2, 0.25) is 0 Å².